The highest BCUT2D eigenvalue weighted by molar-refractivity contribution is 6.04. The molecule has 0 radical (unpaired) electrons. The number of fused-ring (bicyclic) bond motifs is 1. The molecule has 2 aliphatic heterocycles. The predicted octanol–water partition coefficient (Wildman–Crippen LogP) is 0.340. The van der Waals surface area contributed by atoms with Crippen molar-refractivity contribution in [3.63, 3.8) is 0 Å². The first-order valence-corrected chi connectivity index (χ1v) is 12.7. The number of ether oxygens (including phenoxy) is 4. The molecule has 228 valence electrons. The summed E-state index contributed by atoms with van der Waals surface area (Å²) in [5, 5.41) is 90.4. The van der Waals surface area contributed by atoms with E-state index in [-0.39, 0.29) is 28.4 Å². The summed E-state index contributed by atoms with van der Waals surface area (Å²) < 4.78 is 22.2. The van der Waals surface area contributed by atoms with Gasteiger partial charge >= 0.3 is 5.97 Å². The van der Waals surface area contributed by atoms with Crippen molar-refractivity contribution in [2.45, 2.75) is 36.8 Å². The van der Waals surface area contributed by atoms with Crippen molar-refractivity contribution in [1.82, 2.24) is 0 Å². The van der Waals surface area contributed by atoms with E-state index in [0.29, 0.717) is 0 Å². The summed E-state index contributed by atoms with van der Waals surface area (Å²) in [4.78, 5) is 26.0. The number of phenolic OH excluding ortho intramolecular Hbond substituents is 4. The van der Waals surface area contributed by atoms with Gasteiger partial charge in [0.2, 0.25) is 17.8 Å². The van der Waals surface area contributed by atoms with Crippen molar-refractivity contribution in [3.05, 3.63) is 77.0 Å². The Kier molecular flexibility index (Phi) is 7.81. The van der Waals surface area contributed by atoms with E-state index in [1.165, 1.54) is 30.3 Å². The van der Waals surface area contributed by atoms with E-state index in [1.54, 1.807) is 0 Å². The second-order valence-electron chi connectivity index (χ2n) is 9.88. The highest BCUT2D eigenvalue weighted by Crippen LogP contribution is 2.40. The lowest BCUT2D eigenvalue weighted by Gasteiger charge is -2.41. The fourth-order valence-electron chi connectivity index (χ4n) is 4.70. The van der Waals surface area contributed by atoms with E-state index in [1.807, 2.05) is 0 Å². The van der Waals surface area contributed by atoms with Crippen LogP contribution in [0, 0.1) is 5.92 Å². The van der Waals surface area contributed by atoms with Crippen LogP contribution in [0.15, 0.2) is 65.8 Å². The molecular formula is C28H26O15. The van der Waals surface area contributed by atoms with Gasteiger partial charge < -0.3 is 64.9 Å². The van der Waals surface area contributed by atoms with Crippen LogP contribution in [0.25, 0.3) is 5.76 Å². The van der Waals surface area contributed by atoms with E-state index in [2.05, 4.69) is 0 Å². The zero-order valence-electron chi connectivity index (χ0n) is 21.8. The SMILES string of the molecule is O=C(OC[C@H]1O[C@@H](OC2=C(c3ccc(O)cc3)OC3C=C(O)C=C(O)C3C2=O)[C@H](O)[C@@H](O)[C@@H]1O)c1cc(O)c(O)c(O)c1. The fourth-order valence-corrected chi connectivity index (χ4v) is 4.70. The molecule has 9 N–H and O–H groups in total. The molecule has 2 aromatic rings. The van der Waals surface area contributed by atoms with Crippen LogP contribution in [0.2, 0.25) is 0 Å². The minimum atomic E-state index is -1.95. The van der Waals surface area contributed by atoms with E-state index in [4.69, 9.17) is 18.9 Å². The summed E-state index contributed by atoms with van der Waals surface area (Å²) in [5.41, 5.74) is -0.173. The third-order valence-corrected chi connectivity index (χ3v) is 6.96. The van der Waals surface area contributed by atoms with Crippen LogP contribution in [0.3, 0.4) is 0 Å². The normalized spacial score (nSPS) is 28.7. The first-order chi connectivity index (χ1) is 20.3. The lowest BCUT2D eigenvalue weighted by atomic mass is 9.86. The number of allylic oxidation sites excluding steroid dienone is 2. The maximum Gasteiger partial charge on any atom is 0.338 e. The van der Waals surface area contributed by atoms with Crippen LogP contribution in [-0.4, -0.2) is 101 Å². The Morgan fingerprint density at radius 1 is 0.884 bits per heavy atom. The second-order valence-corrected chi connectivity index (χ2v) is 9.88. The maximum atomic E-state index is 13.6. The van der Waals surface area contributed by atoms with E-state index >= 15 is 0 Å². The van der Waals surface area contributed by atoms with E-state index in [9.17, 15) is 55.5 Å². The first-order valence-electron chi connectivity index (χ1n) is 12.7. The predicted molar refractivity (Wildman–Crippen MR) is 139 cm³/mol. The van der Waals surface area contributed by atoms with Crippen molar-refractivity contribution < 1.29 is 74.5 Å². The Balaban J connectivity index is 1.41. The molecule has 2 heterocycles. The number of hydrogen-bond acceptors (Lipinski definition) is 15. The summed E-state index contributed by atoms with van der Waals surface area (Å²) in [7, 11) is 0. The van der Waals surface area contributed by atoms with Gasteiger partial charge in [0.1, 0.15) is 60.3 Å². The summed E-state index contributed by atoms with van der Waals surface area (Å²) in [6.07, 6.45) is -8.16. The Bertz CT molecular complexity index is 1500. The van der Waals surface area contributed by atoms with Gasteiger partial charge in [0.15, 0.2) is 23.0 Å². The Morgan fingerprint density at radius 2 is 1.53 bits per heavy atom. The largest absolute Gasteiger partial charge is 0.511 e. The number of rotatable bonds is 6. The topological polar surface area (TPSA) is 253 Å². The monoisotopic (exact) mass is 602 g/mol. The number of benzene rings is 2. The van der Waals surface area contributed by atoms with Crippen molar-refractivity contribution in [3.8, 4) is 23.0 Å². The number of ketones is 1. The minimum absolute atomic E-state index is 0.110. The van der Waals surface area contributed by atoms with Gasteiger partial charge in [0.25, 0.3) is 0 Å². The van der Waals surface area contributed by atoms with Crippen molar-refractivity contribution in [2.75, 3.05) is 6.61 Å². The molecule has 0 aromatic heterocycles. The van der Waals surface area contributed by atoms with E-state index in [0.717, 1.165) is 18.2 Å². The molecule has 1 aliphatic carbocycles. The molecule has 2 unspecified atom stereocenters. The lowest BCUT2D eigenvalue weighted by Crippen LogP contribution is -2.59. The molecule has 15 heteroatoms. The van der Waals surface area contributed by atoms with Crippen LogP contribution in [0.5, 0.6) is 23.0 Å². The summed E-state index contributed by atoms with van der Waals surface area (Å²) in [5.74, 6) is -7.64. The molecule has 5 rings (SSSR count). The van der Waals surface area contributed by atoms with Crippen LogP contribution in [-0.2, 0) is 23.7 Å². The molecule has 2 aromatic carbocycles. The van der Waals surface area contributed by atoms with Gasteiger partial charge in [0.05, 0.1) is 5.56 Å². The molecule has 0 saturated carbocycles. The van der Waals surface area contributed by atoms with E-state index < -0.39 is 89.9 Å². The number of carbonyl (C=O) groups excluding carboxylic acids is 2. The van der Waals surface area contributed by atoms with Gasteiger partial charge in [-0.15, -0.1) is 0 Å². The minimum Gasteiger partial charge on any atom is -0.511 e. The molecule has 15 nitrogen and oxygen atoms in total. The summed E-state index contributed by atoms with van der Waals surface area (Å²) in [6.45, 7) is -0.751. The fraction of sp³-hybridized carbons (Fsp3) is 0.286. The highest BCUT2D eigenvalue weighted by Gasteiger charge is 2.49. The number of esters is 1. The summed E-state index contributed by atoms with van der Waals surface area (Å²) >= 11 is 0. The van der Waals surface area contributed by atoms with Gasteiger partial charge in [-0.3, -0.25) is 4.79 Å². The first kappa shape index (κ1) is 29.5. The number of aromatic hydroxyl groups is 4. The molecular weight excluding hydrogens is 576 g/mol. The Labute approximate surface area is 241 Å². The average molecular weight is 603 g/mol. The van der Waals surface area contributed by atoms with Crippen molar-refractivity contribution in [2.24, 2.45) is 5.92 Å². The standard InChI is InChI=1S/C28H26O15/c29-12-3-1-10(2-4-12)25-26(22(36)19-14(31)7-13(30)8-17(19)41-25)43-28-24(38)23(37)21(35)18(42-28)9-40-27(39)11-5-15(32)20(34)16(33)6-11/h1-8,17-19,21,23-24,28-35,37-38H,9H2/t17?,18-,19?,21-,23+,24-,28+/m1/s1. The van der Waals surface area contributed by atoms with Crippen LogP contribution in [0.4, 0.5) is 0 Å². The smallest absolute Gasteiger partial charge is 0.338 e. The van der Waals surface area contributed by atoms with Crippen LogP contribution in [0.1, 0.15) is 15.9 Å². The molecule has 3 aliphatic rings. The third kappa shape index (κ3) is 5.61. The van der Waals surface area contributed by atoms with Crippen molar-refractivity contribution in [1.29, 1.82) is 0 Å². The van der Waals surface area contributed by atoms with Crippen LogP contribution >= 0.6 is 0 Å². The van der Waals surface area contributed by atoms with Gasteiger partial charge in [-0.05, 0) is 42.5 Å². The molecule has 0 spiro atoms. The maximum absolute atomic E-state index is 13.6. The number of phenols is 4. The van der Waals surface area contributed by atoms with Gasteiger partial charge in [-0.25, -0.2) is 4.79 Å². The van der Waals surface area contributed by atoms with Gasteiger partial charge in [-0.1, -0.05) is 0 Å². The molecule has 1 saturated heterocycles. The van der Waals surface area contributed by atoms with Gasteiger partial charge in [-0.2, -0.15) is 0 Å². The zero-order valence-corrected chi connectivity index (χ0v) is 21.8. The summed E-state index contributed by atoms with van der Waals surface area (Å²) in [6, 6.07) is 6.95. The number of hydrogen-bond donors (Lipinski definition) is 9. The molecule has 0 bridgehead atoms. The number of aliphatic hydroxyl groups is 5. The van der Waals surface area contributed by atoms with Gasteiger partial charge in [0, 0.05) is 11.6 Å². The molecule has 0 amide bonds. The molecule has 43 heavy (non-hydrogen) atoms. The Hall–Kier alpha value is -4.96. The van der Waals surface area contributed by atoms with Crippen LogP contribution < -0.4 is 0 Å². The highest BCUT2D eigenvalue weighted by atomic mass is 16.7. The number of carbonyl (C=O) groups is 2. The van der Waals surface area contributed by atoms with Crippen molar-refractivity contribution >= 4 is 17.5 Å². The third-order valence-electron chi connectivity index (χ3n) is 6.96. The lowest BCUT2D eigenvalue weighted by molar-refractivity contribution is -0.291. The number of Topliss-reactive ketones (excluding diaryl/α,β-unsaturated/α-hetero) is 1. The average Bonchev–Trinajstić information content (AvgIpc) is 2.96. The quantitative estimate of drug-likeness (QED) is 0.160. The Morgan fingerprint density at radius 3 is 2.19 bits per heavy atom. The molecule has 7 atom stereocenters. The second kappa shape index (κ2) is 11.4. The zero-order chi connectivity index (χ0) is 31.2. The molecule has 1 fully saturated rings. The number of aliphatic hydroxyl groups excluding tert-OH is 5.